The number of hydrogen-bond acceptors (Lipinski definition) is 12. The number of sulfone groups is 2. The third-order valence-electron chi connectivity index (χ3n) is 15.4. The minimum absolute atomic E-state index is 0.0469. The van der Waals surface area contributed by atoms with Crippen LogP contribution in [-0.4, -0.2) is 123 Å². The SMILES string of the molecule is Cc1c(S(C)(=O)=O)c(-c2cccc(N3CCN(c4ccc([C@H]5CCN(O)P5(=O)c5ccc(N[C@H](CCN6CCC(C(=O)O)CC6)CSc6ccccc6)c(S(=O)(=O)C(F)(F)F)c5)cc4)CC3)c2)c(-c2ccc(Cl)cc2)n1C(C)C. The number of alkyl halides is 3. The molecule has 5 aromatic carbocycles. The molecule has 3 aliphatic heterocycles. The van der Waals surface area contributed by atoms with Crippen LogP contribution in [0.3, 0.4) is 0 Å². The molecule has 9 rings (SSSR count). The Labute approximate surface area is 469 Å². The van der Waals surface area contributed by atoms with E-state index in [-0.39, 0.29) is 34.9 Å². The zero-order chi connectivity index (χ0) is 56.6. The molecule has 1 aromatic heterocycles. The molecule has 22 heteroatoms. The Bertz CT molecular complexity index is 3450. The highest BCUT2D eigenvalue weighted by atomic mass is 35.5. The predicted octanol–water partition coefficient (Wildman–Crippen LogP) is 11.9. The molecule has 0 bridgehead atoms. The van der Waals surface area contributed by atoms with E-state index in [0.29, 0.717) is 97.5 Å². The average molecular weight is 1180 g/mol. The molecule has 1 unspecified atom stereocenters. The van der Waals surface area contributed by atoms with Gasteiger partial charge in [0.1, 0.15) is 4.90 Å². The van der Waals surface area contributed by atoms with Crippen molar-refractivity contribution in [3.8, 4) is 22.4 Å². The van der Waals surface area contributed by atoms with Crippen molar-refractivity contribution in [1.29, 1.82) is 0 Å². The van der Waals surface area contributed by atoms with Crippen molar-refractivity contribution < 1.29 is 49.7 Å². The molecule has 3 saturated heterocycles. The fourth-order valence-corrected chi connectivity index (χ4v) is 17.8. The monoisotopic (exact) mass is 1180 g/mol. The van der Waals surface area contributed by atoms with Crippen LogP contribution >= 0.6 is 30.7 Å². The van der Waals surface area contributed by atoms with Gasteiger partial charge < -0.3 is 34.9 Å². The number of hydrogen-bond donors (Lipinski definition) is 3. The number of rotatable bonds is 18. The van der Waals surface area contributed by atoms with Crippen LogP contribution in [0.2, 0.25) is 5.02 Å². The molecule has 3 aliphatic rings. The first kappa shape index (κ1) is 58.3. The van der Waals surface area contributed by atoms with Gasteiger partial charge in [0, 0.05) is 101 Å². The number of carbonyl (C=O) groups is 1. The number of halogens is 4. The Kier molecular flexibility index (Phi) is 17.5. The van der Waals surface area contributed by atoms with Crippen molar-refractivity contribution in [2.45, 2.75) is 84.4 Å². The van der Waals surface area contributed by atoms with E-state index in [1.165, 1.54) is 30.2 Å². The van der Waals surface area contributed by atoms with Gasteiger partial charge in [-0.25, -0.2) is 16.8 Å². The summed E-state index contributed by atoms with van der Waals surface area (Å²) in [6, 6.07) is 34.9. The van der Waals surface area contributed by atoms with Gasteiger partial charge in [0.25, 0.3) is 9.84 Å². The van der Waals surface area contributed by atoms with Crippen molar-refractivity contribution in [1.82, 2.24) is 14.3 Å². The van der Waals surface area contributed by atoms with Gasteiger partial charge >= 0.3 is 11.5 Å². The number of carboxylic acid groups (broad SMARTS) is 1. The Hall–Kier alpha value is -5.31. The van der Waals surface area contributed by atoms with Crippen molar-refractivity contribution >= 4 is 78.7 Å². The summed E-state index contributed by atoms with van der Waals surface area (Å²) in [5.41, 5.74) is -0.833. The molecule has 14 nitrogen and oxygen atoms in total. The largest absolute Gasteiger partial charge is 0.501 e. The van der Waals surface area contributed by atoms with E-state index in [0.717, 1.165) is 39.2 Å². The number of carboxylic acids is 1. The summed E-state index contributed by atoms with van der Waals surface area (Å²) in [7, 11) is -13.9. The lowest BCUT2D eigenvalue weighted by atomic mass is 9.97. The molecular formula is C57H65ClF3N6O8PS3. The molecular weight excluding hydrogens is 1120 g/mol. The zero-order valence-electron chi connectivity index (χ0n) is 44.3. The Morgan fingerprint density at radius 3 is 2.05 bits per heavy atom. The van der Waals surface area contributed by atoms with E-state index in [1.807, 2.05) is 99.6 Å². The lowest BCUT2D eigenvalue weighted by molar-refractivity contribution is -0.143. The van der Waals surface area contributed by atoms with Crippen molar-refractivity contribution in [3.05, 3.63) is 138 Å². The van der Waals surface area contributed by atoms with Crippen LogP contribution < -0.4 is 20.4 Å². The predicted molar refractivity (Wildman–Crippen MR) is 308 cm³/mol. The molecule has 0 amide bonds. The van der Waals surface area contributed by atoms with E-state index in [1.54, 1.807) is 24.3 Å². The zero-order valence-corrected chi connectivity index (χ0v) is 48.4. The number of piperidine rings is 1. The first-order valence-corrected chi connectivity index (χ1v) is 32.8. The summed E-state index contributed by atoms with van der Waals surface area (Å²) in [6.45, 7) is 9.88. The number of anilines is 3. The smallest absolute Gasteiger partial charge is 0.481 e. The van der Waals surface area contributed by atoms with E-state index >= 15 is 4.57 Å². The summed E-state index contributed by atoms with van der Waals surface area (Å²) < 4.78 is 115. The van der Waals surface area contributed by atoms with Gasteiger partial charge in [0.2, 0.25) is 7.29 Å². The van der Waals surface area contributed by atoms with Gasteiger partial charge in [-0.05, 0) is 143 Å². The Morgan fingerprint density at radius 1 is 0.797 bits per heavy atom. The van der Waals surface area contributed by atoms with Crippen molar-refractivity contribution in [2.75, 3.05) is 79.5 Å². The number of benzene rings is 5. The molecule has 0 radical (unpaired) electrons. The summed E-state index contributed by atoms with van der Waals surface area (Å²) in [5.74, 6) is -0.941. The Morgan fingerprint density at radius 2 is 1.44 bits per heavy atom. The molecule has 0 saturated carbocycles. The van der Waals surface area contributed by atoms with E-state index in [4.69, 9.17) is 11.6 Å². The van der Waals surface area contributed by atoms with Crippen LogP contribution in [-0.2, 0) is 29.0 Å². The van der Waals surface area contributed by atoms with Gasteiger partial charge in [-0.2, -0.15) is 13.2 Å². The number of nitrogens with one attached hydrogen (secondary N) is 1. The van der Waals surface area contributed by atoms with Crippen molar-refractivity contribution in [3.63, 3.8) is 0 Å². The highest BCUT2D eigenvalue weighted by Gasteiger charge is 2.51. The minimum atomic E-state index is -6.02. The van der Waals surface area contributed by atoms with Crippen LogP contribution in [0.4, 0.5) is 30.2 Å². The second kappa shape index (κ2) is 23.6. The maximum absolute atomic E-state index is 15.3. The summed E-state index contributed by atoms with van der Waals surface area (Å²) in [6.07, 6.45) is 2.75. The van der Waals surface area contributed by atoms with Gasteiger partial charge in [-0.15, -0.1) is 16.6 Å². The number of hydroxylamine groups is 1. The molecule has 3 N–H and O–H groups in total. The second-order valence-electron chi connectivity index (χ2n) is 20.9. The lowest BCUT2D eigenvalue weighted by Gasteiger charge is -2.37. The van der Waals surface area contributed by atoms with Crippen LogP contribution in [0, 0.1) is 12.8 Å². The molecule has 0 spiro atoms. The normalized spacial score (nSPS) is 19.5. The summed E-state index contributed by atoms with van der Waals surface area (Å²) in [4.78, 5) is 18.9. The maximum Gasteiger partial charge on any atom is 0.501 e. The maximum atomic E-state index is 15.3. The molecule has 4 heterocycles. The number of aromatic nitrogens is 1. The number of aliphatic carboxylic acids is 1. The van der Waals surface area contributed by atoms with Crippen LogP contribution in [0.25, 0.3) is 22.4 Å². The summed E-state index contributed by atoms with van der Waals surface area (Å²) in [5, 5.41) is 24.3. The van der Waals surface area contributed by atoms with Crippen LogP contribution in [0.1, 0.15) is 62.5 Å². The lowest BCUT2D eigenvalue weighted by Crippen LogP contribution is -2.46. The third-order valence-corrected chi connectivity index (χ3v) is 22.9. The molecule has 0 aliphatic carbocycles. The first-order chi connectivity index (χ1) is 37.4. The summed E-state index contributed by atoms with van der Waals surface area (Å²) >= 11 is 7.75. The molecule has 3 fully saturated rings. The number of thioether (sulfide) groups is 1. The minimum Gasteiger partial charge on any atom is -0.481 e. The number of nitrogens with zero attached hydrogens (tertiary/aromatic N) is 5. The van der Waals surface area contributed by atoms with Crippen LogP contribution in [0.5, 0.6) is 0 Å². The first-order valence-electron chi connectivity index (χ1n) is 26.3. The molecule has 422 valence electrons. The van der Waals surface area contributed by atoms with Gasteiger partial charge in [-0.3, -0.25) is 9.36 Å². The quantitative estimate of drug-likeness (QED) is 0.0548. The van der Waals surface area contributed by atoms with E-state index in [2.05, 4.69) is 24.6 Å². The highest BCUT2D eigenvalue weighted by Crippen LogP contribution is 2.66. The third kappa shape index (κ3) is 12.3. The van der Waals surface area contributed by atoms with Gasteiger partial charge in [-0.1, -0.05) is 66.2 Å². The van der Waals surface area contributed by atoms with Gasteiger partial charge in [0.15, 0.2) is 9.84 Å². The van der Waals surface area contributed by atoms with E-state index < -0.39 is 61.0 Å². The topological polar surface area (TPSA) is 173 Å². The van der Waals surface area contributed by atoms with Crippen molar-refractivity contribution in [2.24, 2.45) is 5.92 Å². The van der Waals surface area contributed by atoms with Gasteiger partial charge in [0.05, 0.1) is 27.9 Å². The highest BCUT2D eigenvalue weighted by molar-refractivity contribution is 7.99. The fraction of sp³-hybridized carbons (Fsp3) is 0.386. The Balaban J connectivity index is 0.938. The molecule has 3 atom stereocenters. The molecule has 6 aromatic rings. The van der Waals surface area contributed by atoms with Crippen LogP contribution in [0.15, 0.2) is 136 Å². The molecule has 79 heavy (non-hydrogen) atoms. The fourth-order valence-electron chi connectivity index (χ4n) is 11.4. The standard InChI is InChI=1S/C57H65ClF3N6O8PS3/c1-38(2)67-39(3)55(78(4,72)73)53(54(67)41-13-17-44(58)18-14-41)43-9-8-10-47(35-43)65-33-31-64(32-34-65)46-19-15-40(16-20-46)51-26-30-66(70)76(51,71)48-21-22-50(52(36-48)79(74,75)57(59,60)61)62-45(37-77-49-11-6-5-7-12-49)25-29-63-27-23-42(24-28-63)56(68)69/h5-22,35-36,38,42,45,51,62,70H,23-34,37H2,1-4H3,(H,68,69)/t45-,51-,76?/m1/s1. The average Bonchev–Trinajstić information content (AvgIpc) is 4.20. The second-order valence-corrected chi connectivity index (χ2v) is 29.1. The number of piperazine rings is 1. The number of likely N-dealkylation sites (tertiary alicyclic amines) is 1. The van der Waals surface area contributed by atoms with E-state index in [9.17, 15) is 45.1 Å².